The van der Waals surface area contributed by atoms with Crippen LogP contribution >= 0.6 is 0 Å². The van der Waals surface area contributed by atoms with Gasteiger partial charge in [0, 0.05) is 11.1 Å². The molecule has 0 aromatic heterocycles. The van der Waals surface area contributed by atoms with Gasteiger partial charge in [-0.1, -0.05) is 30.3 Å². The van der Waals surface area contributed by atoms with Crippen LogP contribution in [-0.4, -0.2) is 12.6 Å². The van der Waals surface area contributed by atoms with Crippen molar-refractivity contribution >= 4 is 39.8 Å². The molecule has 0 aliphatic heterocycles. The Hall–Kier alpha value is -3.50. The van der Waals surface area contributed by atoms with Gasteiger partial charge >= 0.3 is 0 Å². The van der Waals surface area contributed by atoms with E-state index < -0.39 is 0 Å². The lowest BCUT2D eigenvalue weighted by atomic mass is 9.93. The zero-order valence-electron chi connectivity index (χ0n) is 11.3. The van der Waals surface area contributed by atoms with E-state index in [0.29, 0.717) is 56.5 Å². The summed E-state index contributed by atoms with van der Waals surface area (Å²) >= 11 is 0. The van der Waals surface area contributed by atoms with Crippen LogP contribution in [-0.2, 0) is 0 Å². The van der Waals surface area contributed by atoms with Gasteiger partial charge in [-0.3, -0.25) is 9.59 Å². The monoisotopic (exact) mass is 284 g/mol. The molecule has 4 nitrogen and oxygen atoms in total. The highest BCUT2D eigenvalue weighted by molar-refractivity contribution is 6.16. The fourth-order valence-electron chi connectivity index (χ4n) is 2.63. The van der Waals surface area contributed by atoms with Gasteiger partial charge in [-0.05, 0) is 27.6 Å². The highest BCUT2D eigenvalue weighted by atomic mass is 16.1. The number of rotatable bonds is 2. The van der Waals surface area contributed by atoms with E-state index in [1.54, 1.807) is 36.4 Å². The van der Waals surface area contributed by atoms with E-state index in [4.69, 9.17) is 6.57 Å². The Kier molecular flexibility index (Phi) is 3.14. The summed E-state index contributed by atoms with van der Waals surface area (Å²) in [5.74, 6) is 0. The second-order valence-corrected chi connectivity index (χ2v) is 4.79. The number of benzene rings is 3. The van der Waals surface area contributed by atoms with Crippen LogP contribution in [0.25, 0.3) is 26.4 Å². The maximum absolute atomic E-state index is 11.0. The minimum Gasteiger partial charge on any atom is -0.298 e. The molecule has 0 radical (unpaired) electrons. The first kappa shape index (κ1) is 13.5. The van der Waals surface area contributed by atoms with Crippen molar-refractivity contribution in [3.8, 4) is 6.07 Å². The number of hydrogen-bond donors (Lipinski definition) is 0. The van der Waals surface area contributed by atoms with Gasteiger partial charge in [0.25, 0.3) is 0 Å². The number of nitrogens with zero attached hydrogens (tertiary/aromatic N) is 2. The Bertz CT molecular complexity index is 952. The Morgan fingerprint density at radius 1 is 0.909 bits per heavy atom. The van der Waals surface area contributed by atoms with Crippen molar-refractivity contribution in [2.45, 2.75) is 0 Å². The summed E-state index contributed by atoms with van der Waals surface area (Å²) in [6, 6.07) is 11.9. The van der Waals surface area contributed by atoms with Crippen LogP contribution in [0.2, 0.25) is 0 Å². The van der Waals surface area contributed by atoms with Gasteiger partial charge in [0.2, 0.25) is 5.69 Å². The highest BCUT2D eigenvalue weighted by Gasteiger charge is 2.14. The molecule has 0 fully saturated rings. The van der Waals surface area contributed by atoms with E-state index in [0.717, 1.165) is 0 Å². The van der Waals surface area contributed by atoms with Gasteiger partial charge < -0.3 is 0 Å². The highest BCUT2D eigenvalue weighted by Crippen LogP contribution is 2.38. The van der Waals surface area contributed by atoms with Crippen molar-refractivity contribution < 1.29 is 9.59 Å². The SMILES string of the molecule is [C-]#[N+]c1c2ccc(C=O)cc2c(C#N)c2ccc(C=O)cc12. The molecule has 3 rings (SSSR count). The van der Waals surface area contributed by atoms with E-state index in [9.17, 15) is 14.9 Å². The molecule has 0 heterocycles. The molecule has 0 saturated heterocycles. The number of carbonyl (C=O) groups is 2. The first-order chi connectivity index (χ1) is 10.7. The molecule has 0 atom stereocenters. The smallest absolute Gasteiger partial charge is 0.202 e. The third kappa shape index (κ3) is 1.83. The van der Waals surface area contributed by atoms with Crippen molar-refractivity contribution in [1.82, 2.24) is 0 Å². The van der Waals surface area contributed by atoms with Gasteiger partial charge in [-0.25, -0.2) is 4.85 Å². The van der Waals surface area contributed by atoms with E-state index in [1.165, 1.54) is 0 Å². The molecule has 0 saturated carbocycles. The van der Waals surface area contributed by atoms with Crippen LogP contribution in [0.4, 0.5) is 5.69 Å². The van der Waals surface area contributed by atoms with Gasteiger partial charge in [-0.15, -0.1) is 0 Å². The van der Waals surface area contributed by atoms with Crippen molar-refractivity contribution in [2.75, 3.05) is 0 Å². The molecule has 0 amide bonds. The van der Waals surface area contributed by atoms with E-state index in [-0.39, 0.29) is 0 Å². The van der Waals surface area contributed by atoms with E-state index >= 15 is 0 Å². The second kappa shape index (κ2) is 5.12. The number of fused-ring (bicyclic) bond motifs is 2. The zero-order chi connectivity index (χ0) is 15.7. The fraction of sp³-hybridized carbons (Fsp3) is 0. The summed E-state index contributed by atoms with van der Waals surface area (Å²) in [6.45, 7) is 7.45. The molecule has 0 aliphatic rings. The first-order valence-corrected chi connectivity index (χ1v) is 6.45. The van der Waals surface area contributed by atoms with Crippen molar-refractivity contribution in [2.24, 2.45) is 0 Å². The molecular weight excluding hydrogens is 276 g/mol. The molecule has 0 spiro atoms. The summed E-state index contributed by atoms with van der Waals surface area (Å²) in [5.41, 5.74) is 1.68. The molecule has 3 aromatic rings. The standard InChI is InChI=1S/C18H8N2O2/c1-20-18-14-5-3-11(9-21)6-15(14)17(8-19)13-4-2-12(10-22)7-16(13)18/h2-7,9-10H. The molecule has 0 unspecified atom stereocenters. The van der Waals surface area contributed by atoms with Gasteiger partial charge in [-0.2, -0.15) is 5.26 Å². The number of aldehydes is 2. The fourth-order valence-corrected chi connectivity index (χ4v) is 2.63. The molecule has 102 valence electrons. The third-order valence-electron chi connectivity index (χ3n) is 3.63. The van der Waals surface area contributed by atoms with Crippen LogP contribution < -0.4 is 0 Å². The van der Waals surface area contributed by atoms with Crippen LogP contribution in [0.15, 0.2) is 36.4 Å². The molecule has 4 heteroatoms. The summed E-state index contributed by atoms with van der Waals surface area (Å²) in [6.07, 6.45) is 1.41. The average Bonchev–Trinajstić information content (AvgIpc) is 2.58. The predicted molar refractivity (Wildman–Crippen MR) is 83.2 cm³/mol. The van der Waals surface area contributed by atoms with Gasteiger partial charge in [0.15, 0.2) is 0 Å². The van der Waals surface area contributed by atoms with Crippen LogP contribution in [0.5, 0.6) is 0 Å². The molecule has 0 bridgehead atoms. The predicted octanol–water partition coefficient (Wildman–Crippen LogP) is 4.04. The summed E-state index contributed by atoms with van der Waals surface area (Å²) in [7, 11) is 0. The van der Waals surface area contributed by atoms with Crippen molar-refractivity contribution in [3.63, 3.8) is 0 Å². The minimum atomic E-state index is 0.380. The Morgan fingerprint density at radius 2 is 1.50 bits per heavy atom. The Balaban J connectivity index is 2.63. The maximum atomic E-state index is 11.0. The number of nitriles is 1. The molecule has 22 heavy (non-hydrogen) atoms. The Labute approximate surface area is 126 Å². The third-order valence-corrected chi connectivity index (χ3v) is 3.63. The van der Waals surface area contributed by atoms with Crippen molar-refractivity contribution in [1.29, 1.82) is 5.26 Å². The van der Waals surface area contributed by atoms with Crippen LogP contribution in [0.1, 0.15) is 26.3 Å². The lowest BCUT2D eigenvalue weighted by Gasteiger charge is -2.10. The summed E-state index contributed by atoms with van der Waals surface area (Å²) in [5, 5.41) is 11.9. The maximum Gasteiger partial charge on any atom is 0.202 e. The number of carbonyl (C=O) groups excluding carboxylic acids is 2. The largest absolute Gasteiger partial charge is 0.298 e. The second-order valence-electron chi connectivity index (χ2n) is 4.79. The number of hydrogen-bond acceptors (Lipinski definition) is 3. The minimum absolute atomic E-state index is 0.380. The normalized spacial score (nSPS) is 10.1. The molecule has 0 N–H and O–H groups in total. The topological polar surface area (TPSA) is 62.3 Å². The quantitative estimate of drug-likeness (QED) is 0.405. The average molecular weight is 284 g/mol. The lowest BCUT2D eigenvalue weighted by Crippen LogP contribution is -1.89. The lowest BCUT2D eigenvalue weighted by molar-refractivity contribution is 0.111. The summed E-state index contributed by atoms with van der Waals surface area (Å²) < 4.78 is 0. The summed E-state index contributed by atoms with van der Waals surface area (Å²) in [4.78, 5) is 25.5. The molecule has 0 aliphatic carbocycles. The van der Waals surface area contributed by atoms with E-state index in [2.05, 4.69) is 10.9 Å². The van der Waals surface area contributed by atoms with E-state index in [1.807, 2.05) is 0 Å². The van der Waals surface area contributed by atoms with Gasteiger partial charge in [0.05, 0.1) is 12.1 Å². The Morgan fingerprint density at radius 3 is 2.05 bits per heavy atom. The van der Waals surface area contributed by atoms with Crippen LogP contribution in [0, 0.1) is 17.9 Å². The van der Waals surface area contributed by atoms with Crippen molar-refractivity contribution in [3.05, 3.63) is 64.5 Å². The molecular formula is C18H8N2O2. The first-order valence-electron chi connectivity index (χ1n) is 6.45. The van der Waals surface area contributed by atoms with Gasteiger partial charge in [0.1, 0.15) is 18.6 Å². The molecule has 3 aromatic carbocycles. The van der Waals surface area contributed by atoms with Crippen LogP contribution in [0.3, 0.4) is 0 Å². The zero-order valence-corrected chi connectivity index (χ0v) is 11.3.